The molecule has 4 rings (SSSR count). The fraction of sp³-hybridized carbons (Fsp3) is 0.567. The topological polar surface area (TPSA) is 71.4 Å². The van der Waals surface area contributed by atoms with E-state index in [-0.39, 0.29) is 22.5 Å². The fourth-order valence-electron chi connectivity index (χ4n) is 7.09. The van der Waals surface area contributed by atoms with Crippen molar-refractivity contribution >= 4 is 15.9 Å². The lowest BCUT2D eigenvalue weighted by molar-refractivity contribution is -0.131. The molecule has 2 bridgehead atoms. The first-order chi connectivity index (χ1) is 15.9. The van der Waals surface area contributed by atoms with E-state index in [2.05, 4.69) is 41.5 Å². The molecule has 4 nitrogen and oxygen atoms in total. The molecule has 0 heterocycles. The minimum absolute atomic E-state index is 0.0591. The molecule has 190 valence electrons. The quantitative estimate of drug-likeness (QED) is 0.472. The summed E-state index contributed by atoms with van der Waals surface area (Å²) in [6.45, 7) is 16.7. The van der Waals surface area contributed by atoms with Gasteiger partial charge in [-0.2, -0.15) is 8.42 Å². The molecule has 2 aliphatic rings. The zero-order chi connectivity index (χ0) is 26.2. The number of benzene rings is 2. The van der Waals surface area contributed by atoms with E-state index in [1.165, 1.54) is 0 Å². The second-order valence-corrected chi connectivity index (χ2v) is 14.9. The lowest BCUT2D eigenvalue weighted by atomic mass is 9.57. The van der Waals surface area contributed by atoms with Gasteiger partial charge in [-0.25, -0.2) is 0 Å². The average Bonchev–Trinajstić information content (AvgIpc) is 3.09. The summed E-state index contributed by atoms with van der Waals surface area (Å²) in [7, 11) is -4.78. The summed E-state index contributed by atoms with van der Waals surface area (Å²) in [5.74, 6) is 0.0370. The second-order valence-electron chi connectivity index (χ2n) is 13.3. The highest BCUT2D eigenvalue weighted by atomic mass is 32.2. The molecule has 2 unspecified atom stereocenters. The summed E-state index contributed by atoms with van der Waals surface area (Å²) in [5.41, 5.74) is 0.955. The van der Waals surface area contributed by atoms with E-state index in [0.717, 1.165) is 17.5 Å². The summed E-state index contributed by atoms with van der Waals surface area (Å²) in [5, 5.41) is 0. The van der Waals surface area contributed by atoms with Crippen LogP contribution in [0.3, 0.4) is 0 Å². The van der Waals surface area contributed by atoms with Crippen LogP contribution in [0.25, 0.3) is 0 Å². The molecule has 2 atom stereocenters. The van der Waals surface area contributed by atoms with E-state index in [9.17, 15) is 17.8 Å². The number of hydrogen-bond donors (Lipinski definition) is 1. The van der Waals surface area contributed by atoms with Crippen LogP contribution in [0.2, 0.25) is 0 Å². The van der Waals surface area contributed by atoms with Gasteiger partial charge in [0.25, 0.3) is 10.1 Å². The minimum Gasteiger partial charge on any atom is -0.299 e. The average molecular weight is 497 g/mol. The normalized spacial score (nSPS) is 24.7. The van der Waals surface area contributed by atoms with E-state index >= 15 is 0 Å². The molecule has 0 radical (unpaired) electrons. The smallest absolute Gasteiger partial charge is 0.280 e. The number of Topliss-reactive ketones (excluding diaryl/α,β-unsaturated/α-hetero) is 1. The number of fused-ring (bicyclic) bond motifs is 2. The third-order valence-corrected chi connectivity index (χ3v) is 10.8. The molecule has 35 heavy (non-hydrogen) atoms. The Labute approximate surface area is 211 Å². The summed E-state index contributed by atoms with van der Waals surface area (Å²) >= 11 is 0. The molecular weight excluding hydrogens is 456 g/mol. The van der Waals surface area contributed by atoms with Crippen molar-refractivity contribution in [3.63, 3.8) is 0 Å². The maximum absolute atomic E-state index is 13.9. The maximum atomic E-state index is 13.9. The van der Waals surface area contributed by atoms with Crippen molar-refractivity contribution in [3.05, 3.63) is 70.8 Å². The van der Waals surface area contributed by atoms with Crippen LogP contribution in [0.15, 0.2) is 48.5 Å². The lowest BCUT2D eigenvalue weighted by Crippen LogP contribution is -2.58. The van der Waals surface area contributed by atoms with E-state index < -0.39 is 25.7 Å². The number of hydrogen-bond acceptors (Lipinski definition) is 3. The predicted octanol–water partition coefficient (Wildman–Crippen LogP) is 6.81. The number of rotatable bonds is 4. The van der Waals surface area contributed by atoms with Gasteiger partial charge in [-0.15, -0.1) is 0 Å². The summed E-state index contributed by atoms with van der Waals surface area (Å²) < 4.78 is 37.0. The number of carbonyl (C=O) groups is 1. The monoisotopic (exact) mass is 496 g/mol. The first-order valence-electron chi connectivity index (χ1n) is 12.6. The summed E-state index contributed by atoms with van der Waals surface area (Å²) in [4.78, 5) is 13.9. The molecule has 0 aliphatic heterocycles. The van der Waals surface area contributed by atoms with E-state index in [1.807, 2.05) is 62.4 Å². The Morgan fingerprint density at radius 3 is 1.40 bits per heavy atom. The van der Waals surface area contributed by atoms with Gasteiger partial charge in [-0.05, 0) is 57.3 Å². The van der Waals surface area contributed by atoms with Crippen LogP contribution in [0.4, 0.5) is 0 Å². The molecule has 5 heteroatoms. The van der Waals surface area contributed by atoms with Crippen LogP contribution < -0.4 is 0 Å². The Morgan fingerprint density at radius 2 is 1.14 bits per heavy atom. The van der Waals surface area contributed by atoms with Gasteiger partial charge in [0.2, 0.25) is 0 Å². The highest BCUT2D eigenvalue weighted by Crippen LogP contribution is 2.73. The fourth-order valence-corrected chi connectivity index (χ4v) is 8.88. The Balaban J connectivity index is 2.12. The van der Waals surface area contributed by atoms with Crippen LogP contribution >= 0.6 is 0 Å². The highest BCUT2D eigenvalue weighted by molar-refractivity contribution is 7.87. The van der Waals surface area contributed by atoms with Gasteiger partial charge in [0.15, 0.2) is 4.75 Å². The first-order valence-corrected chi connectivity index (χ1v) is 14.1. The van der Waals surface area contributed by atoms with Gasteiger partial charge in [0.1, 0.15) is 5.78 Å². The molecule has 0 spiro atoms. The Hall–Kier alpha value is -1.98. The molecule has 2 saturated carbocycles. The van der Waals surface area contributed by atoms with Crippen molar-refractivity contribution in [3.8, 4) is 0 Å². The third-order valence-electron chi connectivity index (χ3n) is 9.20. The lowest BCUT2D eigenvalue weighted by Gasteiger charge is -2.51. The zero-order valence-corrected chi connectivity index (χ0v) is 23.2. The van der Waals surface area contributed by atoms with E-state index in [4.69, 9.17) is 0 Å². The maximum Gasteiger partial charge on any atom is 0.280 e. The number of carbonyl (C=O) groups excluding carboxylic acids is 1. The molecule has 0 saturated heterocycles. The standard InChI is InChI=1S/C30H40O4S/c1-26(2,3)20-9-13-22(14-10-20)30(35(32,33)34,23-15-11-21(12-16-23)27(4,5)6)29-18-17-24(19-25(29)31)28(29,7)8/h9-16,24H,17-19H2,1-8H3,(H,32,33,34). The first kappa shape index (κ1) is 26.1. The SMILES string of the molecule is CC(C)(C)c1ccc(C(c2ccc(C(C)(C)C)cc2)(C23CCC(CC2=O)C3(C)C)S(=O)(=O)O)cc1. The van der Waals surface area contributed by atoms with Crippen molar-refractivity contribution in [1.82, 2.24) is 0 Å². The van der Waals surface area contributed by atoms with Crippen molar-refractivity contribution in [1.29, 1.82) is 0 Å². The highest BCUT2D eigenvalue weighted by Gasteiger charge is 2.77. The van der Waals surface area contributed by atoms with Crippen LogP contribution in [0.1, 0.15) is 96.9 Å². The van der Waals surface area contributed by atoms with Crippen molar-refractivity contribution in [2.24, 2.45) is 16.7 Å². The molecule has 2 aromatic rings. The molecular formula is C30H40O4S. The number of ketones is 1. The van der Waals surface area contributed by atoms with Crippen LogP contribution in [0, 0.1) is 16.7 Å². The molecule has 2 aromatic carbocycles. The van der Waals surface area contributed by atoms with Gasteiger partial charge in [0, 0.05) is 6.42 Å². The van der Waals surface area contributed by atoms with Gasteiger partial charge in [-0.1, -0.05) is 104 Å². The summed E-state index contributed by atoms with van der Waals surface area (Å²) in [6.07, 6.45) is 1.56. The van der Waals surface area contributed by atoms with E-state index in [0.29, 0.717) is 24.0 Å². The van der Waals surface area contributed by atoms with Crippen molar-refractivity contribution in [2.45, 2.75) is 90.2 Å². The molecule has 0 amide bonds. The second kappa shape index (κ2) is 7.76. The third kappa shape index (κ3) is 3.48. The van der Waals surface area contributed by atoms with Crippen LogP contribution in [0.5, 0.6) is 0 Å². The van der Waals surface area contributed by atoms with Gasteiger partial charge in [0.05, 0.1) is 5.41 Å². The zero-order valence-electron chi connectivity index (χ0n) is 22.4. The molecule has 2 fully saturated rings. The minimum atomic E-state index is -4.78. The van der Waals surface area contributed by atoms with Crippen molar-refractivity contribution in [2.75, 3.05) is 0 Å². The van der Waals surface area contributed by atoms with Crippen LogP contribution in [-0.4, -0.2) is 18.8 Å². The van der Waals surface area contributed by atoms with Gasteiger partial charge >= 0.3 is 0 Å². The van der Waals surface area contributed by atoms with Gasteiger partial charge < -0.3 is 0 Å². The Bertz CT molecular complexity index is 1180. The molecule has 2 aliphatic carbocycles. The van der Waals surface area contributed by atoms with E-state index in [1.54, 1.807) is 0 Å². The Morgan fingerprint density at radius 1 is 0.771 bits per heavy atom. The van der Waals surface area contributed by atoms with Gasteiger partial charge in [-0.3, -0.25) is 9.35 Å². The van der Waals surface area contributed by atoms with Crippen LogP contribution in [-0.2, 0) is 30.5 Å². The Kier molecular flexibility index (Phi) is 5.78. The molecule has 0 aromatic heterocycles. The predicted molar refractivity (Wildman–Crippen MR) is 141 cm³/mol. The molecule has 1 N–H and O–H groups in total. The van der Waals surface area contributed by atoms with Crippen molar-refractivity contribution < 1.29 is 17.8 Å². The largest absolute Gasteiger partial charge is 0.299 e. The summed E-state index contributed by atoms with van der Waals surface area (Å²) in [6, 6.07) is 15.0.